The Kier molecular flexibility index (Phi) is 4.09. The molecule has 17 heavy (non-hydrogen) atoms. The normalized spacial score (nSPS) is 13.8. The van der Waals surface area contributed by atoms with Gasteiger partial charge in [0.1, 0.15) is 12.0 Å². The lowest BCUT2D eigenvalue weighted by Gasteiger charge is -2.24. The molecule has 0 spiro atoms. The third-order valence-corrected chi connectivity index (χ3v) is 2.66. The van der Waals surface area contributed by atoms with Gasteiger partial charge < -0.3 is 20.4 Å². The molecule has 0 heterocycles. The number of halogens is 1. The highest BCUT2D eigenvalue weighted by atomic mass is 35.5. The van der Waals surface area contributed by atoms with Gasteiger partial charge in [0.15, 0.2) is 5.54 Å². The van der Waals surface area contributed by atoms with Crippen LogP contribution in [0.3, 0.4) is 0 Å². The molecule has 0 radical (unpaired) electrons. The molecule has 1 aromatic carbocycles. The second-order valence-electron chi connectivity index (χ2n) is 3.49. The number of hydrogen-bond acceptors (Lipinski definition) is 4. The van der Waals surface area contributed by atoms with Crippen LogP contribution in [0.15, 0.2) is 18.2 Å². The van der Waals surface area contributed by atoms with Crippen LogP contribution in [0.2, 0.25) is 5.02 Å². The molecule has 3 N–H and O–H groups in total. The summed E-state index contributed by atoms with van der Waals surface area (Å²) < 4.78 is 5.03. The maximum absolute atomic E-state index is 11.2. The van der Waals surface area contributed by atoms with Crippen molar-refractivity contribution < 1.29 is 19.4 Å². The second kappa shape index (κ2) is 5.16. The number of aliphatic carboxylic acids is 1. The molecule has 6 heteroatoms. The average Bonchev–Trinajstić information content (AvgIpc) is 2.29. The van der Waals surface area contributed by atoms with Gasteiger partial charge in [-0.15, -0.1) is 0 Å². The van der Waals surface area contributed by atoms with Crippen molar-refractivity contribution in [1.29, 1.82) is 0 Å². The molecule has 0 saturated heterocycles. The molecule has 5 nitrogen and oxygen atoms in total. The predicted molar refractivity (Wildman–Crippen MR) is 62.2 cm³/mol. The largest absolute Gasteiger partial charge is 0.496 e. The summed E-state index contributed by atoms with van der Waals surface area (Å²) in [5.41, 5.74) is 4.09. The summed E-state index contributed by atoms with van der Waals surface area (Å²) in [4.78, 5) is 21.8. The van der Waals surface area contributed by atoms with Crippen LogP contribution in [0.25, 0.3) is 0 Å². The number of carbonyl (C=O) groups is 2. The molecule has 0 bridgehead atoms. The van der Waals surface area contributed by atoms with Gasteiger partial charge in [0.25, 0.3) is 0 Å². The molecule has 92 valence electrons. The minimum atomic E-state index is -1.84. The van der Waals surface area contributed by atoms with Gasteiger partial charge >= 0.3 is 5.97 Å². The Balaban J connectivity index is 3.40. The number of carboxylic acids is 1. The fourth-order valence-corrected chi connectivity index (χ4v) is 1.64. The Bertz CT molecular complexity index is 449. The zero-order valence-corrected chi connectivity index (χ0v) is 9.90. The van der Waals surface area contributed by atoms with E-state index in [1.165, 1.54) is 19.2 Å². The van der Waals surface area contributed by atoms with Crippen LogP contribution in [0.5, 0.6) is 5.75 Å². The van der Waals surface area contributed by atoms with E-state index in [9.17, 15) is 9.59 Å². The summed E-state index contributed by atoms with van der Waals surface area (Å²) in [6, 6.07) is 4.44. The number of aldehydes is 1. The van der Waals surface area contributed by atoms with Gasteiger partial charge in [0.2, 0.25) is 0 Å². The van der Waals surface area contributed by atoms with Gasteiger partial charge in [0, 0.05) is 17.0 Å². The Morgan fingerprint density at radius 2 is 2.29 bits per heavy atom. The first-order chi connectivity index (χ1) is 7.95. The van der Waals surface area contributed by atoms with Crippen molar-refractivity contribution in [2.24, 2.45) is 5.73 Å². The number of hydrogen-bond donors (Lipinski definition) is 2. The van der Waals surface area contributed by atoms with Crippen LogP contribution >= 0.6 is 11.6 Å². The summed E-state index contributed by atoms with van der Waals surface area (Å²) >= 11 is 5.79. The smallest absolute Gasteiger partial charge is 0.328 e. The van der Waals surface area contributed by atoms with E-state index in [1.54, 1.807) is 6.07 Å². The first-order valence-electron chi connectivity index (χ1n) is 4.75. The van der Waals surface area contributed by atoms with Crippen LogP contribution in [-0.4, -0.2) is 24.5 Å². The Morgan fingerprint density at radius 1 is 1.65 bits per heavy atom. The van der Waals surface area contributed by atoms with Gasteiger partial charge in [-0.05, 0) is 18.2 Å². The van der Waals surface area contributed by atoms with Gasteiger partial charge in [0.05, 0.1) is 7.11 Å². The fraction of sp³-hybridized carbons (Fsp3) is 0.273. The summed E-state index contributed by atoms with van der Waals surface area (Å²) in [6.07, 6.45) is 0.0908. The third kappa shape index (κ3) is 2.57. The highest BCUT2D eigenvalue weighted by Gasteiger charge is 2.38. The Morgan fingerprint density at radius 3 is 2.76 bits per heavy atom. The van der Waals surface area contributed by atoms with Crippen molar-refractivity contribution in [3.8, 4) is 5.75 Å². The zero-order valence-electron chi connectivity index (χ0n) is 9.14. The molecule has 0 saturated carbocycles. The van der Waals surface area contributed by atoms with Crippen molar-refractivity contribution in [2.75, 3.05) is 7.11 Å². The van der Waals surface area contributed by atoms with E-state index in [-0.39, 0.29) is 17.7 Å². The molecule has 1 rings (SSSR count). The lowest BCUT2D eigenvalue weighted by atomic mass is 9.87. The SMILES string of the molecule is COc1ccc(Cl)cc1C(N)(CC=O)C(=O)O. The molecule has 0 aliphatic rings. The van der Waals surface area contributed by atoms with E-state index >= 15 is 0 Å². The number of benzene rings is 1. The number of carbonyl (C=O) groups excluding carboxylic acids is 1. The molecule has 1 aromatic rings. The van der Waals surface area contributed by atoms with Gasteiger partial charge in [-0.1, -0.05) is 11.6 Å². The summed E-state index contributed by atoms with van der Waals surface area (Å²) in [5, 5.41) is 9.47. The molecule has 0 fully saturated rings. The molecular formula is C11H12ClNO4. The van der Waals surface area contributed by atoms with E-state index in [0.717, 1.165) is 0 Å². The number of rotatable bonds is 5. The molecular weight excluding hydrogens is 246 g/mol. The van der Waals surface area contributed by atoms with Crippen LogP contribution in [-0.2, 0) is 15.1 Å². The predicted octanol–water partition coefficient (Wildman–Crippen LogP) is 1.18. The van der Waals surface area contributed by atoms with E-state index in [1.807, 2.05) is 0 Å². The quantitative estimate of drug-likeness (QED) is 0.773. The number of ether oxygens (including phenoxy) is 1. The van der Waals surface area contributed by atoms with E-state index in [2.05, 4.69) is 0 Å². The minimum absolute atomic E-state index is 0.173. The third-order valence-electron chi connectivity index (χ3n) is 2.43. The van der Waals surface area contributed by atoms with E-state index < -0.39 is 11.5 Å². The highest BCUT2D eigenvalue weighted by Crippen LogP contribution is 2.32. The number of methoxy groups -OCH3 is 1. The first kappa shape index (κ1) is 13.5. The van der Waals surface area contributed by atoms with Crippen molar-refractivity contribution in [2.45, 2.75) is 12.0 Å². The maximum atomic E-state index is 11.2. The minimum Gasteiger partial charge on any atom is -0.496 e. The van der Waals surface area contributed by atoms with Crippen LogP contribution < -0.4 is 10.5 Å². The summed E-state index contributed by atoms with van der Waals surface area (Å²) in [7, 11) is 1.38. The fourth-order valence-electron chi connectivity index (χ4n) is 1.47. The topological polar surface area (TPSA) is 89.6 Å². The maximum Gasteiger partial charge on any atom is 0.328 e. The first-order valence-corrected chi connectivity index (χ1v) is 5.13. The Hall–Kier alpha value is -1.59. The zero-order chi connectivity index (χ0) is 13.1. The lowest BCUT2D eigenvalue weighted by Crippen LogP contribution is -2.45. The van der Waals surface area contributed by atoms with Gasteiger partial charge in [-0.2, -0.15) is 0 Å². The highest BCUT2D eigenvalue weighted by molar-refractivity contribution is 6.30. The number of carboxylic acid groups (broad SMARTS) is 1. The average molecular weight is 258 g/mol. The van der Waals surface area contributed by atoms with Gasteiger partial charge in [-0.3, -0.25) is 0 Å². The summed E-state index contributed by atoms with van der Waals surface area (Å²) in [5.74, 6) is -1.04. The van der Waals surface area contributed by atoms with E-state index in [4.69, 9.17) is 27.2 Å². The molecule has 0 aliphatic heterocycles. The molecule has 1 atom stereocenters. The molecule has 0 aromatic heterocycles. The van der Waals surface area contributed by atoms with Crippen molar-refractivity contribution in [3.05, 3.63) is 28.8 Å². The number of nitrogens with two attached hydrogens (primary N) is 1. The van der Waals surface area contributed by atoms with Crippen molar-refractivity contribution in [1.82, 2.24) is 0 Å². The van der Waals surface area contributed by atoms with Crippen LogP contribution in [0.1, 0.15) is 12.0 Å². The standard InChI is InChI=1S/C11H12ClNO4/c1-17-9-3-2-7(12)6-8(9)11(13,4-5-14)10(15)16/h2-3,5-6H,4,13H2,1H3,(H,15,16). The van der Waals surface area contributed by atoms with Crippen LogP contribution in [0.4, 0.5) is 0 Å². The summed E-state index contributed by atoms with van der Waals surface area (Å²) in [6.45, 7) is 0. The molecule has 1 unspecified atom stereocenters. The van der Waals surface area contributed by atoms with Crippen molar-refractivity contribution in [3.63, 3.8) is 0 Å². The monoisotopic (exact) mass is 257 g/mol. The van der Waals surface area contributed by atoms with Crippen LogP contribution in [0, 0.1) is 0 Å². The van der Waals surface area contributed by atoms with E-state index in [0.29, 0.717) is 11.3 Å². The second-order valence-corrected chi connectivity index (χ2v) is 3.93. The molecule has 0 amide bonds. The van der Waals surface area contributed by atoms with Gasteiger partial charge in [-0.25, -0.2) is 4.79 Å². The molecule has 0 aliphatic carbocycles. The lowest BCUT2D eigenvalue weighted by molar-refractivity contribution is -0.145. The van der Waals surface area contributed by atoms with Crippen molar-refractivity contribution >= 4 is 23.9 Å². The Labute approximate surface area is 103 Å².